The van der Waals surface area contributed by atoms with Gasteiger partial charge in [0.25, 0.3) is 0 Å². The van der Waals surface area contributed by atoms with Gasteiger partial charge < -0.3 is 9.88 Å². The van der Waals surface area contributed by atoms with E-state index in [0.717, 1.165) is 0 Å². The molecule has 0 radical (unpaired) electrons. The number of carbonyl (C=O) groups is 1. The van der Waals surface area contributed by atoms with E-state index in [0.29, 0.717) is 15.9 Å². The van der Waals surface area contributed by atoms with Crippen LogP contribution in [0.1, 0.15) is 20.8 Å². The number of carbonyl (C=O) groups excluding carboxylic acids is 1. The standard InChI is InChI=1S/C15H17ClN2O2/c1-15(2,3)17-14(20)9-18-7-6-13(19)11-8-10(16)4-5-12(11)18/h4-8H,9H2,1-3H3,(H,17,20). The molecular weight excluding hydrogens is 276 g/mol. The minimum Gasteiger partial charge on any atom is -0.350 e. The highest BCUT2D eigenvalue weighted by Crippen LogP contribution is 2.16. The Labute approximate surface area is 122 Å². The fraction of sp³-hybridized carbons (Fsp3) is 0.333. The van der Waals surface area contributed by atoms with Crippen LogP contribution in [0.15, 0.2) is 35.3 Å². The molecule has 0 saturated heterocycles. The first-order chi connectivity index (χ1) is 9.26. The van der Waals surface area contributed by atoms with Gasteiger partial charge in [-0.25, -0.2) is 0 Å². The van der Waals surface area contributed by atoms with Crippen LogP contribution in [0.4, 0.5) is 0 Å². The van der Waals surface area contributed by atoms with Crippen molar-refractivity contribution >= 4 is 28.4 Å². The summed E-state index contributed by atoms with van der Waals surface area (Å²) in [5.74, 6) is -0.0996. The van der Waals surface area contributed by atoms with Crippen LogP contribution >= 0.6 is 11.6 Å². The van der Waals surface area contributed by atoms with E-state index in [4.69, 9.17) is 11.6 Å². The summed E-state index contributed by atoms with van der Waals surface area (Å²) in [6, 6.07) is 6.53. The average molecular weight is 293 g/mol. The number of rotatable bonds is 2. The molecule has 0 aliphatic heterocycles. The van der Waals surface area contributed by atoms with E-state index in [-0.39, 0.29) is 23.4 Å². The molecular formula is C15H17ClN2O2. The van der Waals surface area contributed by atoms with Crippen LogP contribution in [0.3, 0.4) is 0 Å². The first-order valence-electron chi connectivity index (χ1n) is 6.36. The normalized spacial score (nSPS) is 11.6. The van der Waals surface area contributed by atoms with Crippen LogP contribution in [0.5, 0.6) is 0 Å². The number of nitrogens with one attached hydrogen (secondary N) is 1. The minimum atomic E-state index is -0.283. The Hall–Kier alpha value is -1.81. The van der Waals surface area contributed by atoms with Crippen molar-refractivity contribution in [2.24, 2.45) is 0 Å². The van der Waals surface area contributed by atoms with E-state index in [1.165, 1.54) is 6.07 Å². The molecule has 4 nitrogen and oxygen atoms in total. The summed E-state index contributed by atoms with van der Waals surface area (Å²) in [7, 11) is 0. The number of nitrogens with zero attached hydrogens (tertiary/aromatic N) is 1. The smallest absolute Gasteiger partial charge is 0.240 e. The minimum absolute atomic E-state index is 0.0996. The molecule has 0 atom stereocenters. The van der Waals surface area contributed by atoms with Gasteiger partial charge >= 0.3 is 0 Å². The Morgan fingerprint density at radius 3 is 2.65 bits per heavy atom. The highest BCUT2D eigenvalue weighted by molar-refractivity contribution is 6.31. The lowest BCUT2D eigenvalue weighted by Crippen LogP contribution is -2.42. The van der Waals surface area contributed by atoms with Crippen molar-refractivity contribution in [3.8, 4) is 0 Å². The molecule has 1 heterocycles. The first-order valence-corrected chi connectivity index (χ1v) is 6.74. The highest BCUT2D eigenvalue weighted by Gasteiger charge is 2.14. The van der Waals surface area contributed by atoms with Gasteiger partial charge in [-0.1, -0.05) is 11.6 Å². The Kier molecular flexibility index (Phi) is 3.86. The van der Waals surface area contributed by atoms with Crippen molar-refractivity contribution in [2.75, 3.05) is 0 Å². The van der Waals surface area contributed by atoms with Crippen molar-refractivity contribution in [2.45, 2.75) is 32.9 Å². The van der Waals surface area contributed by atoms with E-state index >= 15 is 0 Å². The fourth-order valence-corrected chi connectivity index (χ4v) is 2.21. The third-order valence-corrected chi connectivity index (χ3v) is 3.00. The second kappa shape index (κ2) is 5.29. The van der Waals surface area contributed by atoms with Gasteiger partial charge in [0.1, 0.15) is 6.54 Å². The quantitative estimate of drug-likeness (QED) is 0.925. The van der Waals surface area contributed by atoms with Gasteiger partial charge in [-0.2, -0.15) is 0 Å². The van der Waals surface area contributed by atoms with Gasteiger partial charge in [0.15, 0.2) is 5.43 Å². The summed E-state index contributed by atoms with van der Waals surface area (Å²) in [5.41, 5.74) is 0.316. The number of amides is 1. The maximum Gasteiger partial charge on any atom is 0.240 e. The van der Waals surface area contributed by atoms with Gasteiger partial charge in [0, 0.05) is 28.2 Å². The summed E-state index contributed by atoms with van der Waals surface area (Å²) >= 11 is 5.91. The molecule has 0 unspecified atom stereocenters. The molecule has 106 valence electrons. The molecule has 0 spiro atoms. The lowest BCUT2D eigenvalue weighted by Gasteiger charge is -2.21. The summed E-state index contributed by atoms with van der Waals surface area (Å²) in [5, 5.41) is 3.92. The number of hydrogen-bond acceptors (Lipinski definition) is 2. The number of aromatic nitrogens is 1. The molecule has 2 rings (SSSR count). The summed E-state index contributed by atoms with van der Waals surface area (Å²) in [4.78, 5) is 23.8. The van der Waals surface area contributed by atoms with Crippen LogP contribution in [0, 0.1) is 0 Å². The molecule has 0 saturated carbocycles. The van der Waals surface area contributed by atoms with Crippen molar-refractivity contribution in [1.29, 1.82) is 0 Å². The van der Waals surface area contributed by atoms with Crippen molar-refractivity contribution in [1.82, 2.24) is 9.88 Å². The number of fused-ring (bicyclic) bond motifs is 1. The Balaban J connectivity index is 2.39. The van der Waals surface area contributed by atoms with E-state index in [9.17, 15) is 9.59 Å². The largest absolute Gasteiger partial charge is 0.350 e. The molecule has 1 N–H and O–H groups in total. The maximum absolute atomic E-state index is 12.0. The highest BCUT2D eigenvalue weighted by atomic mass is 35.5. The Bertz CT molecular complexity index is 714. The molecule has 2 aromatic rings. The topological polar surface area (TPSA) is 51.1 Å². The monoisotopic (exact) mass is 292 g/mol. The summed E-state index contributed by atoms with van der Waals surface area (Å²) < 4.78 is 1.74. The number of hydrogen-bond donors (Lipinski definition) is 1. The lowest BCUT2D eigenvalue weighted by atomic mass is 10.1. The average Bonchev–Trinajstić information content (AvgIpc) is 2.30. The predicted molar refractivity (Wildman–Crippen MR) is 81.1 cm³/mol. The van der Waals surface area contributed by atoms with Crippen LogP contribution in [0.2, 0.25) is 5.02 Å². The van der Waals surface area contributed by atoms with Crippen LogP contribution < -0.4 is 10.7 Å². The van der Waals surface area contributed by atoms with Gasteiger partial charge in [0.2, 0.25) is 5.91 Å². The molecule has 5 heteroatoms. The molecule has 1 aromatic carbocycles. The van der Waals surface area contributed by atoms with Crippen molar-refractivity contribution < 1.29 is 4.79 Å². The summed E-state index contributed by atoms with van der Waals surface area (Å²) in [6.45, 7) is 5.94. The number of halogens is 1. The van der Waals surface area contributed by atoms with E-state index in [2.05, 4.69) is 5.32 Å². The third kappa shape index (κ3) is 3.39. The summed E-state index contributed by atoms with van der Waals surface area (Å²) in [6.07, 6.45) is 1.63. The van der Waals surface area contributed by atoms with Gasteiger partial charge in [-0.3, -0.25) is 9.59 Å². The SMILES string of the molecule is CC(C)(C)NC(=O)Cn1ccc(=O)c2cc(Cl)ccc21. The Morgan fingerprint density at radius 2 is 2.00 bits per heavy atom. The second-order valence-electron chi connectivity index (χ2n) is 5.77. The van der Waals surface area contributed by atoms with Crippen LogP contribution in [-0.2, 0) is 11.3 Å². The fourth-order valence-electron chi connectivity index (χ4n) is 2.03. The zero-order valence-electron chi connectivity index (χ0n) is 11.7. The number of pyridine rings is 1. The van der Waals surface area contributed by atoms with Gasteiger partial charge in [0.05, 0.1) is 5.52 Å². The number of benzene rings is 1. The van der Waals surface area contributed by atoms with E-state index in [1.807, 2.05) is 20.8 Å². The van der Waals surface area contributed by atoms with Crippen molar-refractivity contribution in [3.05, 3.63) is 45.7 Å². The maximum atomic E-state index is 12.0. The predicted octanol–water partition coefficient (Wildman–Crippen LogP) is 2.57. The Morgan fingerprint density at radius 1 is 1.30 bits per heavy atom. The zero-order valence-corrected chi connectivity index (χ0v) is 12.5. The second-order valence-corrected chi connectivity index (χ2v) is 6.20. The lowest BCUT2D eigenvalue weighted by molar-refractivity contribution is -0.123. The molecule has 1 amide bonds. The third-order valence-electron chi connectivity index (χ3n) is 2.77. The molecule has 0 bridgehead atoms. The molecule has 20 heavy (non-hydrogen) atoms. The van der Waals surface area contributed by atoms with Crippen LogP contribution in [-0.4, -0.2) is 16.0 Å². The molecule has 1 aromatic heterocycles. The van der Waals surface area contributed by atoms with Gasteiger partial charge in [-0.05, 0) is 39.0 Å². The molecule has 0 aliphatic rings. The van der Waals surface area contributed by atoms with E-state index in [1.54, 1.807) is 29.0 Å². The first kappa shape index (κ1) is 14.6. The van der Waals surface area contributed by atoms with Crippen LogP contribution in [0.25, 0.3) is 10.9 Å². The van der Waals surface area contributed by atoms with E-state index < -0.39 is 0 Å². The molecule has 0 aliphatic carbocycles. The molecule has 0 fully saturated rings. The van der Waals surface area contributed by atoms with Gasteiger partial charge in [-0.15, -0.1) is 0 Å². The van der Waals surface area contributed by atoms with Crippen molar-refractivity contribution in [3.63, 3.8) is 0 Å². The zero-order chi connectivity index (χ0) is 14.9.